The molecule has 0 aliphatic heterocycles. The number of anilines is 2. The number of ether oxygens (including phenoxy) is 1. The van der Waals surface area contributed by atoms with Gasteiger partial charge in [0.2, 0.25) is 0 Å². The molecule has 0 spiro atoms. The Morgan fingerprint density at radius 3 is 2.64 bits per heavy atom. The van der Waals surface area contributed by atoms with Gasteiger partial charge in [0.1, 0.15) is 5.69 Å². The molecule has 4 N–H and O–H groups in total. The number of hydrogen-bond acceptors (Lipinski definition) is 4. The second-order valence-corrected chi connectivity index (χ2v) is 5.29. The molecule has 0 aliphatic rings. The Bertz CT molecular complexity index is 611. The van der Waals surface area contributed by atoms with Crippen LogP contribution in [-0.2, 0) is 10.5 Å². The summed E-state index contributed by atoms with van der Waals surface area (Å²) in [7, 11) is 0. The molecule has 0 atom stereocenters. The zero-order valence-electron chi connectivity index (χ0n) is 12.1. The third kappa shape index (κ3) is 5.46. The number of nitrogens with two attached hydrogens (primary N) is 1. The van der Waals surface area contributed by atoms with Gasteiger partial charge in [0, 0.05) is 5.75 Å². The number of thioether (sulfide) groups is 1. The average molecular weight is 340 g/mol. The van der Waals surface area contributed by atoms with E-state index >= 15 is 0 Å². The fraction of sp³-hybridized carbons (Fsp3) is 0.200. The lowest BCUT2D eigenvalue weighted by Crippen LogP contribution is -3.00. The molecule has 0 saturated heterocycles. The van der Waals surface area contributed by atoms with Gasteiger partial charge >= 0.3 is 6.09 Å². The molecule has 1 heterocycles. The summed E-state index contributed by atoms with van der Waals surface area (Å²) < 4.78 is 4.81. The number of carbonyl (C=O) groups is 1. The number of amides is 1. The molecular weight excluding hydrogens is 322 g/mol. The summed E-state index contributed by atoms with van der Waals surface area (Å²) in [6.45, 7) is 2.07. The van der Waals surface area contributed by atoms with Gasteiger partial charge in [-0.25, -0.2) is 9.78 Å². The maximum atomic E-state index is 11.4. The normalized spacial score (nSPS) is 9.68. The van der Waals surface area contributed by atoms with E-state index in [9.17, 15) is 4.79 Å². The van der Waals surface area contributed by atoms with E-state index < -0.39 is 6.09 Å². The number of nitrogens with one attached hydrogen (secondary N) is 2. The molecule has 1 aromatic heterocycles. The topological polar surface area (TPSA) is 78.5 Å². The van der Waals surface area contributed by atoms with Crippen molar-refractivity contribution in [1.82, 2.24) is 0 Å². The number of hydrogen-bond donors (Lipinski definition) is 2. The van der Waals surface area contributed by atoms with Gasteiger partial charge in [-0.3, -0.25) is 11.1 Å². The molecule has 1 amide bonds. The van der Waals surface area contributed by atoms with E-state index in [1.165, 1.54) is 5.56 Å². The first-order valence-electron chi connectivity index (χ1n) is 6.61. The first kappa shape index (κ1) is 18.1. The van der Waals surface area contributed by atoms with Crippen molar-refractivity contribution in [2.75, 3.05) is 17.7 Å². The number of H-pyrrole nitrogens is 1. The monoisotopic (exact) mass is 339 g/mol. The highest BCUT2D eigenvalue weighted by Gasteiger charge is 2.11. The van der Waals surface area contributed by atoms with Crippen molar-refractivity contribution in [3.05, 3.63) is 48.0 Å². The molecule has 7 heteroatoms. The molecule has 0 aliphatic carbocycles. The Morgan fingerprint density at radius 1 is 1.27 bits per heavy atom. The summed E-state index contributed by atoms with van der Waals surface area (Å²) >= 11 is 1.65. The summed E-state index contributed by atoms with van der Waals surface area (Å²) in [5.74, 6) is 1.25. The Labute approximate surface area is 140 Å². The number of halogens is 1. The highest BCUT2D eigenvalue weighted by Crippen LogP contribution is 2.22. The van der Waals surface area contributed by atoms with Crippen LogP contribution in [0.2, 0.25) is 0 Å². The van der Waals surface area contributed by atoms with Gasteiger partial charge in [0.25, 0.3) is 5.82 Å². The molecule has 0 fully saturated rings. The first-order valence-corrected chi connectivity index (χ1v) is 7.60. The van der Waals surface area contributed by atoms with Crippen LogP contribution < -0.4 is 28.4 Å². The molecular formula is C15H18ClN3O2S. The first-order chi connectivity index (χ1) is 10.2. The number of benzene rings is 1. The van der Waals surface area contributed by atoms with Gasteiger partial charge in [-0.2, -0.15) is 0 Å². The van der Waals surface area contributed by atoms with Crippen molar-refractivity contribution in [2.45, 2.75) is 17.7 Å². The maximum Gasteiger partial charge on any atom is 0.411 e. The summed E-state index contributed by atoms with van der Waals surface area (Å²) in [5.41, 5.74) is 7.65. The van der Waals surface area contributed by atoms with Crippen LogP contribution in [0.1, 0.15) is 12.5 Å². The summed E-state index contributed by atoms with van der Waals surface area (Å²) in [4.78, 5) is 14.4. The Kier molecular flexibility index (Phi) is 7.56. The molecule has 0 saturated carbocycles. The van der Waals surface area contributed by atoms with Crippen LogP contribution in [0, 0.1) is 0 Å². The predicted octanol–water partition coefficient (Wildman–Crippen LogP) is -0.0524. The molecule has 118 valence electrons. The molecule has 22 heavy (non-hydrogen) atoms. The van der Waals surface area contributed by atoms with Crippen LogP contribution in [-0.4, -0.2) is 12.7 Å². The van der Waals surface area contributed by atoms with Crippen molar-refractivity contribution in [2.24, 2.45) is 0 Å². The van der Waals surface area contributed by atoms with Crippen LogP contribution in [0.15, 0.2) is 47.5 Å². The lowest BCUT2D eigenvalue weighted by molar-refractivity contribution is -0.409. The van der Waals surface area contributed by atoms with E-state index in [0.29, 0.717) is 18.1 Å². The van der Waals surface area contributed by atoms with E-state index in [4.69, 9.17) is 10.5 Å². The Balaban J connectivity index is 0.00000242. The average Bonchev–Trinajstić information content (AvgIpc) is 2.49. The van der Waals surface area contributed by atoms with Gasteiger partial charge < -0.3 is 17.1 Å². The lowest BCUT2D eigenvalue weighted by atomic mass is 10.2. The molecule has 0 radical (unpaired) electrons. The van der Waals surface area contributed by atoms with E-state index in [1.54, 1.807) is 24.8 Å². The fourth-order valence-electron chi connectivity index (χ4n) is 1.70. The fourth-order valence-corrected chi connectivity index (χ4v) is 2.56. The van der Waals surface area contributed by atoms with Crippen LogP contribution in [0.4, 0.5) is 16.3 Å². The minimum absolute atomic E-state index is 0. The molecule has 0 bridgehead atoms. The summed E-state index contributed by atoms with van der Waals surface area (Å²) in [6.07, 6.45) is -0.512. The van der Waals surface area contributed by atoms with Crippen LogP contribution in [0.5, 0.6) is 0 Å². The van der Waals surface area contributed by atoms with Crippen molar-refractivity contribution >= 4 is 29.4 Å². The van der Waals surface area contributed by atoms with Crippen LogP contribution >= 0.6 is 11.8 Å². The number of nitrogen functional groups attached to an aromatic ring is 1. The lowest BCUT2D eigenvalue weighted by Gasteiger charge is -2.06. The quantitative estimate of drug-likeness (QED) is 0.749. The Morgan fingerprint density at radius 2 is 2.00 bits per heavy atom. The van der Waals surface area contributed by atoms with Crippen molar-refractivity contribution in [1.29, 1.82) is 0 Å². The van der Waals surface area contributed by atoms with Crippen LogP contribution in [0.25, 0.3) is 0 Å². The zero-order valence-corrected chi connectivity index (χ0v) is 13.7. The van der Waals surface area contributed by atoms with Gasteiger partial charge in [0.15, 0.2) is 5.03 Å². The number of rotatable bonds is 5. The largest absolute Gasteiger partial charge is 1.00 e. The minimum atomic E-state index is -0.512. The zero-order chi connectivity index (χ0) is 15.1. The molecule has 1 aromatic carbocycles. The second-order valence-electron chi connectivity index (χ2n) is 4.27. The summed E-state index contributed by atoms with van der Waals surface area (Å²) in [6, 6.07) is 13.8. The van der Waals surface area contributed by atoms with Crippen molar-refractivity contribution in [3.63, 3.8) is 0 Å². The number of carbonyl (C=O) groups excluding carboxylic acids is 1. The van der Waals surface area contributed by atoms with E-state index in [0.717, 1.165) is 10.8 Å². The third-order valence-electron chi connectivity index (χ3n) is 2.70. The maximum absolute atomic E-state index is 11.4. The number of aromatic amines is 1. The predicted molar refractivity (Wildman–Crippen MR) is 84.1 cm³/mol. The van der Waals surface area contributed by atoms with Gasteiger partial charge in [-0.05, 0) is 24.6 Å². The highest BCUT2D eigenvalue weighted by atomic mass is 35.5. The standard InChI is InChI=1S/C15H17N3O2S.ClH/c1-2-20-15(19)17-12-8-9-13(18-14(12)16)21-10-11-6-4-3-5-7-11;/h3-9H,2,10H2,1H3,(H2,16,18)(H,17,19);1H. The van der Waals surface area contributed by atoms with E-state index in [1.807, 2.05) is 24.3 Å². The second kappa shape index (κ2) is 9.17. The third-order valence-corrected chi connectivity index (χ3v) is 3.73. The molecule has 5 nitrogen and oxygen atoms in total. The van der Waals surface area contributed by atoms with E-state index in [-0.39, 0.29) is 12.4 Å². The molecule has 2 aromatic rings. The minimum Gasteiger partial charge on any atom is -1.00 e. The Hall–Kier alpha value is -1.92. The molecule has 2 rings (SSSR count). The highest BCUT2D eigenvalue weighted by molar-refractivity contribution is 7.98. The van der Waals surface area contributed by atoms with E-state index in [2.05, 4.69) is 22.4 Å². The number of pyridine rings is 1. The van der Waals surface area contributed by atoms with Gasteiger partial charge in [-0.1, -0.05) is 42.1 Å². The van der Waals surface area contributed by atoms with Gasteiger partial charge in [0.05, 0.1) is 6.61 Å². The SMILES string of the molecule is CCOC(=O)Nc1ccc(SCc2ccccc2)[nH+]c1N.[Cl-]. The summed E-state index contributed by atoms with van der Waals surface area (Å²) in [5, 5.41) is 3.52. The number of aromatic nitrogens is 1. The van der Waals surface area contributed by atoms with Crippen LogP contribution in [0.3, 0.4) is 0 Å². The molecule has 0 unspecified atom stereocenters. The van der Waals surface area contributed by atoms with Gasteiger partial charge in [-0.15, -0.1) is 0 Å². The van der Waals surface area contributed by atoms with Crippen molar-refractivity contribution < 1.29 is 26.9 Å². The smallest absolute Gasteiger partial charge is 0.411 e. The van der Waals surface area contributed by atoms with Crippen molar-refractivity contribution in [3.8, 4) is 0 Å².